The molecule has 148 valence electrons. The summed E-state index contributed by atoms with van der Waals surface area (Å²) in [5, 5.41) is 42.3. The molecule has 4 rings (SSSR count). The molecular weight excluding hydrogens is 348 g/mol. The average molecular weight is 376 g/mol. The highest BCUT2D eigenvalue weighted by Crippen LogP contribution is 2.67. The SMILES string of the molecule is C[C@@]12C=CC(=O)C=C1CC[C@H]1[C@H]2C(O)C[C@]2(C)[C@@H]1C[C@H](O)[C@@]2(O)C(=O)CO. The molecule has 0 radical (unpaired) electrons. The van der Waals surface area contributed by atoms with E-state index in [-0.39, 0.29) is 36.4 Å². The fourth-order valence-corrected chi connectivity index (χ4v) is 6.96. The zero-order valence-electron chi connectivity index (χ0n) is 15.8. The van der Waals surface area contributed by atoms with E-state index in [1.165, 1.54) is 0 Å². The minimum absolute atomic E-state index is 0.00826. The van der Waals surface area contributed by atoms with Crippen molar-refractivity contribution in [3.8, 4) is 0 Å². The van der Waals surface area contributed by atoms with Crippen LogP contribution in [0.1, 0.15) is 39.5 Å². The Balaban J connectivity index is 1.78. The molecule has 0 aliphatic heterocycles. The first-order valence-electron chi connectivity index (χ1n) is 9.76. The number of ketones is 2. The summed E-state index contributed by atoms with van der Waals surface area (Å²) in [4.78, 5) is 24.2. The molecule has 8 atom stereocenters. The smallest absolute Gasteiger partial charge is 0.192 e. The lowest BCUT2D eigenvalue weighted by molar-refractivity contribution is -0.190. The second-order valence-corrected chi connectivity index (χ2v) is 9.31. The zero-order valence-corrected chi connectivity index (χ0v) is 15.8. The van der Waals surface area contributed by atoms with Crippen molar-refractivity contribution in [2.45, 2.75) is 57.3 Å². The van der Waals surface area contributed by atoms with Gasteiger partial charge in [-0.25, -0.2) is 0 Å². The van der Waals surface area contributed by atoms with Crippen LogP contribution in [0.4, 0.5) is 0 Å². The van der Waals surface area contributed by atoms with E-state index in [0.29, 0.717) is 0 Å². The predicted octanol–water partition coefficient (Wildman–Crippen LogP) is 0.528. The van der Waals surface area contributed by atoms with Gasteiger partial charge in [0.2, 0.25) is 0 Å². The number of rotatable bonds is 2. The van der Waals surface area contributed by atoms with Crippen LogP contribution in [0.2, 0.25) is 0 Å². The van der Waals surface area contributed by atoms with Gasteiger partial charge in [-0.15, -0.1) is 0 Å². The Morgan fingerprint density at radius 2 is 2.00 bits per heavy atom. The predicted molar refractivity (Wildman–Crippen MR) is 96.4 cm³/mol. The van der Waals surface area contributed by atoms with Gasteiger partial charge >= 0.3 is 0 Å². The van der Waals surface area contributed by atoms with Gasteiger partial charge in [0.15, 0.2) is 17.2 Å². The topological polar surface area (TPSA) is 115 Å². The largest absolute Gasteiger partial charge is 0.393 e. The van der Waals surface area contributed by atoms with Gasteiger partial charge in [0, 0.05) is 16.7 Å². The van der Waals surface area contributed by atoms with Crippen LogP contribution in [0.5, 0.6) is 0 Å². The molecule has 1 unspecified atom stereocenters. The quantitative estimate of drug-likeness (QED) is 0.559. The van der Waals surface area contributed by atoms with E-state index in [9.17, 15) is 30.0 Å². The van der Waals surface area contributed by atoms with E-state index in [0.717, 1.165) is 18.4 Å². The highest BCUT2D eigenvalue weighted by molar-refractivity contribution is 6.01. The van der Waals surface area contributed by atoms with Crippen LogP contribution in [0.25, 0.3) is 0 Å². The van der Waals surface area contributed by atoms with Crippen molar-refractivity contribution < 1.29 is 30.0 Å². The number of Topliss-reactive ketones (excluding diaryl/α,β-unsaturated/α-hetero) is 1. The van der Waals surface area contributed by atoms with Crippen molar-refractivity contribution in [2.75, 3.05) is 6.61 Å². The van der Waals surface area contributed by atoms with Gasteiger partial charge in [0.1, 0.15) is 6.61 Å². The molecule has 6 nitrogen and oxygen atoms in total. The van der Waals surface area contributed by atoms with Crippen LogP contribution in [0, 0.1) is 28.6 Å². The second kappa shape index (κ2) is 5.83. The average Bonchev–Trinajstić information content (AvgIpc) is 2.82. The molecule has 3 fully saturated rings. The number of aliphatic hydroxyl groups is 4. The van der Waals surface area contributed by atoms with Crippen LogP contribution in [-0.2, 0) is 9.59 Å². The first-order valence-corrected chi connectivity index (χ1v) is 9.76. The number of carbonyl (C=O) groups excluding carboxylic acids is 2. The highest BCUT2D eigenvalue weighted by atomic mass is 16.4. The van der Waals surface area contributed by atoms with Crippen LogP contribution in [0.3, 0.4) is 0 Å². The molecule has 0 bridgehead atoms. The summed E-state index contributed by atoms with van der Waals surface area (Å²) in [6.07, 6.45) is 4.97. The maximum atomic E-state index is 12.4. The minimum Gasteiger partial charge on any atom is -0.393 e. The monoisotopic (exact) mass is 376 g/mol. The van der Waals surface area contributed by atoms with Gasteiger partial charge in [-0.05, 0) is 49.7 Å². The molecule has 4 aliphatic carbocycles. The number of hydrogen-bond acceptors (Lipinski definition) is 6. The first-order chi connectivity index (χ1) is 12.6. The van der Waals surface area contributed by atoms with Gasteiger partial charge in [0.25, 0.3) is 0 Å². The third kappa shape index (κ3) is 2.21. The molecule has 0 aromatic heterocycles. The Kier molecular flexibility index (Phi) is 4.10. The molecule has 4 N–H and O–H groups in total. The Labute approximate surface area is 158 Å². The van der Waals surface area contributed by atoms with Crippen LogP contribution in [0.15, 0.2) is 23.8 Å². The number of carbonyl (C=O) groups is 2. The molecular formula is C21H28O6. The van der Waals surface area contributed by atoms with Crippen molar-refractivity contribution in [3.05, 3.63) is 23.8 Å². The molecule has 0 aromatic rings. The molecule has 3 saturated carbocycles. The summed E-state index contributed by atoms with van der Waals surface area (Å²) in [5.74, 6) is -1.09. The molecule has 6 heteroatoms. The summed E-state index contributed by atoms with van der Waals surface area (Å²) >= 11 is 0. The lowest BCUT2D eigenvalue weighted by Crippen LogP contribution is -2.63. The van der Waals surface area contributed by atoms with E-state index in [4.69, 9.17) is 0 Å². The lowest BCUT2D eigenvalue weighted by atomic mass is 9.46. The maximum absolute atomic E-state index is 12.4. The van der Waals surface area contributed by atoms with Crippen molar-refractivity contribution >= 4 is 11.6 Å². The number of hydrogen-bond donors (Lipinski definition) is 4. The fraction of sp³-hybridized carbons (Fsp3) is 0.714. The standard InChI is InChI=1S/C21H28O6/c1-19-6-5-12(23)7-11(19)3-4-13-14-8-16(25)21(27,17(26)10-22)20(14,2)9-15(24)18(13)19/h5-7,13-16,18,22,24-25,27H,3-4,8-10H2,1-2H3/t13-,14-,15?,16+,18+,19-,20-,21-/m1/s1. The Bertz CT molecular complexity index is 756. The number of allylic oxidation sites excluding steroid dienone is 4. The van der Waals surface area contributed by atoms with E-state index >= 15 is 0 Å². The molecule has 0 amide bonds. The molecule has 0 heterocycles. The van der Waals surface area contributed by atoms with Crippen molar-refractivity contribution in [3.63, 3.8) is 0 Å². The zero-order chi connectivity index (χ0) is 19.8. The number of aliphatic hydroxyl groups excluding tert-OH is 3. The van der Waals surface area contributed by atoms with Crippen LogP contribution >= 0.6 is 0 Å². The van der Waals surface area contributed by atoms with Gasteiger partial charge in [-0.1, -0.05) is 25.5 Å². The summed E-state index contributed by atoms with van der Waals surface area (Å²) in [6.45, 7) is 2.96. The molecule has 0 spiro atoms. The Morgan fingerprint density at radius 1 is 1.30 bits per heavy atom. The molecule has 0 saturated heterocycles. The minimum atomic E-state index is -2.05. The molecule has 27 heavy (non-hydrogen) atoms. The molecule has 4 aliphatic rings. The van der Waals surface area contributed by atoms with Crippen LogP contribution < -0.4 is 0 Å². The molecule has 0 aromatic carbocycles. The van der Waals surface area contributed by atoms with E-state index < -0.39 is 41.0 Å². The van der Waals surface area contributed by atoms with Gasteiger partial charge in [0.05, 0.1) is 12.2 Å². The van der Waals surface area contributed by atoms with Crippen molar-refractivity contribution in [1.82, 2.24) is 0 Å². The normalized spacial score (nSPS) is 51.3. The Hall–Kier alpha value is -1.34. The summed E-state index contributed by atoms with van der Waals surface area (Å²) in [5.41, 5.74) is -2.46. The van der Waals surface area contributed by atoms with Gasteiger partial charge in [-0.2, -0.15) is 0 Å². The highest BCUT2D eigenvalue weighted by Gasteiger charge is 2.71. The van der Waals surface area contributed by atoms with Crippen molar-refractivity contribution in [1.29, 1.82) is 0 Å². The summed E-state index contributed by atoms with van der Waals surface area (Å²) in [7, 11) is 0. The fourth-order valence-electron chi connectivity index (χ4n) is 6.96. The van der Waals surface area contributed by atoms with Crippen molar-refractivity contribution in [2.24, 2.45) is 28.6 Å². The second-order valence-electron chi connectivity index (χ2n) is 9.31. The third-order valence-electron chi connectivity index (χ3n) is 8.28. The summed E-state index contributed by atoms with van der Waals surface area (Å²) in [6, 6.07) is 0. The van der Waals surface area contributed by atoms with E-state index in [1.54, 1.807) is 19.1 Å². The van der Waals surface area contributed by atoms with Gasteiger partial charge in [-0.3, -0.25) is 9.59 Å². The Morgan fingerprint density at radius 3 is 2.67 bits per heavy atom. The van der Waals surface area contributed by atoms with E-state index in [2.05, 4.69) is 0 Å². The summed E-state index contributed by atoms with van der Waals surface area (Å²) < 4.78 is 0. The van der Waals surface area contributed by atoms with E-state index in [1.807, 2.05) is 13.0 Å². The third-order valence-corrected chi connectivity index (χ3v) is 8.28. The van der Waals surface area contributed by atoms with Crippen LogP contribution in [-0.4, -0.2) is 56.4 Å². The van der Waals surface area contributed by atoms with Gasteiger partial charge < -0.3 is 20.4 Å². The number of fused-ring (bicyclic) bond motifs is 5. The maximum Gasteiger partial charge on any atom is 0.192 e. The first kappa shape index (κ1) is 19.0. The lowest BCUT2D eigenvalue weighted by Gasteiger charge is -2.59.